The summed E-state index contributed by atoms with van der Waals surface area (Å²) in [7, 11) is 0. The Balaban J connectivity index is 1.60. The van der Waals surface area contributed by atoms with E-state index in [4.69, 9.17) is 10.5 Å². The molecule has 0 aromatic carbocycles. The van der Waals surface area contributed by atoms with Crippen molar-refractivity contribution in [3.05, 3.63) is 0 Å². The zero-order valence-corrected chi connectivity index (χ0v) is 16.9. The molecule has 0 spiro atoms. The molecule has 3 N–H and O–H groups in total. The van der Waals surface area contributed by atoms with Crippen molar-refractivity contribution in [3.8, 4) is 0 Å². The fourth-order valence-electron chi connectivity index (χ4n) is 5.65. The van der Waals surface area contributed by atoms with E-state index in [0.717, 1.165) is 38.2 Å². The zero-order valence-electron chi connectivity index (χ0n) is 16.9. The van der Waals surface area contributed by atoms with Crippen LogP contribution < -0.4 is 11.1 Å². The number of nitrogens with one attached hydrogen (secondary N) is 1. The van der Waals surface area contributed by atoms with Gasteiger partial charge in [0.15, 0.2) is 0 Å². The second-order valence-electron chi connectivity index (χ2n) is 9.99. The SMILES string of the molecule is CCC(C)(C)C1CCC(NC(=O)C2(N)C3CCCOC3C2(C)C)CC1. The van der Waals surface area contributed by atoms with Gasteiger partial charge >= 0.3 is 0 Å². The van der Waals surface area contributed by atoms with E-state index in [0.29, 0.717) is 5.41 Å². The molecule has 2 saturated carbocycles. The summed E-state index contributed by atoms with van der Waals surface area (Å²) in [6, 6.07) is 0.288. The lowest BCUT2D eigenvalue weighted by Crippen LogP contribution is -2.82. The van der Waals surface area contributed by atoms with Gasteiger partial charge in [0.2, 0.25) is 5.91 Å². The third kappa shape index (κ3) is 2.93. The fraction of sp³-hybridized carbons (Fsp3) is 0.952. The molecule has 1 heterocycles. The van der Waals surface area contributed by atoms with Crippen LogP contribution in [0.2, 0.25) is 0 Å². The Morgan fingerprint density at radius 1 is 1.20 bits per heavy atom. The number of hydrogen-bond donors (Lipinski definition) is 2. The van der Waals surface area contributed by atoms with E-state index in [1.54, 1.807) is 0 Å². The van der Waals surface area contributed by atoms with E-state index in [-0.39, 0.29) is 29.4 Å². The van der Waals surface area contributed by atoms with Crippen molar-refractivity contribution >= 4 is 5.91 Å². The number of hydrogen-bond acceptors (Lipinski definition) is 3. The standard InChI is InChI=1S/C21H38N2O2/c1-6-19(2,3)14-9-11-15(12-10-14)23-18(24)21(22)16-8-7-13-25-17(16)20(21,4)5/h14-17H,6-13,22H2,1-5H3,(H,23,24). The lowest BCUT2D eigenvalue weighted by atomic mass is 9.46. The van der Waals surface area contributed by atoms with E-state index < -0.39 is 5.54 Å². The average molecular weight is 351 g/mol. The van der Waals surface area contributed by atoms with Gasteiger partial charge in [-0.15, -0.1) is 0 Å². The second kappa shape index (κ2) is 6.53. The van der Waals surface area contributed by atoms with Crippen LogP contribution in [0.5, 0.6) is 0 Å². The molecule has 1 saturated heterocycles. The van der Waals surface area contributed by atoms with Crippen LogP contribution in [0, 0.1) is 22.7 Å². The number of ether oxygens (including phenoxy) is 1. The number of rotatable bonds is 4. The highest BCUT2D eigenvalue weighted by atomic mass is 16.5. The van der Waals surface area contributed by atoms with Gasteiger partial charge in [-0.3, -0.25) is 4.79 Å². The van der Waals surface area contributed by atoms with E-state index in [9.17, 15) is 4.79 Å². The lowest BCUT2D eigenvalue weighted by Gasteiger charge is -2.65. The van der Waals surface area contributed by atoms with Crippen LogP contribution in [0.3, 0.4) is 0 Å². The Morgan fingerprint density at radius 3 is 2.44 bits per heavy atom. The molecule has 1 amide bonds. The van der Waals surface area contributed by atoms with Crippen LogP contribution in [0.4, 0.5) is 0 Å². The van der Waals surface area contributed by atoms with Gasteiger partial charge in [0.1, 0.15) is 5.54 Å². The maximum absolute atomic E-state index is 13.1. The predicted molar refractivity (Wildman–Crippen MR) is 101 cm³/mol. The summed E-state index contributed by atoms with van der Waals surface area (Å²) >= 11 is 0. The van der Waals surface area contributed by atoms with Crippen molar-refractivity contribution in [3.63, 3.8) is 0 Å². The Hall–Kier alpha value is -0.610. The third-order valence-electron chi connectivity index (χ3n) is 8.14. The molecule has 4 nitrogen and oxygen atoms in total. The van der Waals surface area contributed by atoms with Gasteiger partial charge < -0.3 is 15.8 Å². The van der Waals surface area contributed by atoms with Crippen LogP contribution in [0.25, 0.3) is 0 Å². The quantitative estimate of drug-likeness (QED) is 0.814. The molecule has 1 aliphatic heterocycles. The first-order chi connectivity index (χ1) is 11.6. The molecule has 0 aromatic rings. The molecule has 3 fully saturated rings. The summed E-state index contributed by atoms with van der Waals surface area (Å²) in [6.07, 6.45) is 7.97. The van der Waals surface area contributed by atoms with Crippen molar-refractivity contribution in [2.75, 3.05) is 6.61 Å². The molecule has 0 bridgehead atoms. The maximum Gasteiger partial charge on any atom is 0.241 e. The number of nitrogens with two attached hydrogens (primary N) is 1. The van der Waals surface area contributed by atoms with Gasteiger partial charge in [0.25, 0.3) is 0 Å². The van der Waals surface area contributed by atoms with Gasteiger partial charge in [0, 0.05) is 24.0 Å². The van der Waals surface area contributed by atoms with Crippen LogP contribution in [0.1, 0.15) is 79.6 Å². The minimum absolute atomic E-state index is 0.0578. The average Bonchev–Trinajstić information content (AvgIpc) is 2.61. The summed E-state index contributed by atoms with van der Waals surface area (Å²) in [5, 5.41) is 3.32. The van der Waals surface area contributed by atoms with Crippen molar-refractivity contribution in [2.45, 2.75) is 97.2 Å². The molecule has 25 heavy (non-hydrogen) atoms. The summed E-state index contributed by atoms with van der Waals surface area (Å²) in [6.45, 7) is 12.0. The van der Waals surface area contributed by atoms with Gasteiger partial charge in [-0.1, -0.05) is 41.0 Å². The number of amides is 1. The predicted octanol–water partition coefficient (Wildman–Crippen LogP) is 3.63. The fourth-order valence-corrected chi connectivity index (χ4v) is 5.65. The molecule has 3 aliphatic rings. The minimum Gasteiger partial charge on any atom is -0.377 e. The molecular weight excluding hydrogens is 312 g/mol. The van der Waals surface area contributed by atoms with Crippen LogP contribution in [-0.2, 0) is 9.53 Å². The summed E-state index contributed by atoms with van der Waals surface area (Å²) in [4.78, 5) is 13.1. The Bertz CT molecular complexity index is 508. The monoisotopic (exact) mass is 350 g/mol. The van der Waals surface area contributed by atoms with E-state index in [1.165, 1.54) is 19.3 Å². The van der Waals surface area contributed by atoms with E-state index in [1.807, 2.05) is 0 Å². The first kappa shape index (κ1) is 19.2. The minimum atomic E-state index is -0.780. The molecular formula is C21H38N2O2. The van der Waals surface area contributed by atoms with E-state index >= 15 is 0 Å². The summed E-state index contributed by atoms with van der Waals surface area (Å²) < 4.78 is 5.93. The Kier molecular flexibility index (Phi) is 5.00. The summed E-state index contributed by atoms with van der Waals surface area (Å²) in [5.41, 5.74) is 6.06. The molecule has 3 rings (SSSR count). The molecule has 2 aliphatic carbocycles. The normalized spacial score (nSPS) is 40.7. The summed E-state index contributed by atoms with van der Waals surface area (Å²) in [5.74, 6) is 1.00. The number of carbonyl (C=O) groups excluding carboxylic acids is 1. The molecule has 3 atom stereocenters. The van der Waals surface area contributed by atoms with Gasteiger partial charge in [-0.05, 0) is 49.9 Å². The molecule has 4 heteroatoms. The zero-order chi connectivity index (χ0) is 18.5. The van der Waals surface area contributed by atoms with E-state index in [2.05, 4.69) is 39.9 Å². The molecule has 3 unspecified atom stereocenters. The number of fused-ring (bicyclic) bond motifs is 1. The third-order valence-corrected chi connectivity index (χ3v) is 8.14. The van der Waals surface area contributed by atoms with Crippen LogP contribution >= 0.6 is 0 Å². The van der Waals surface area contributed by atoms with Crippen molar-refractivity contribution in [2.24, 2.45) is 28.4 Å². The van der Waals surface area contributed by atoms with Crippen molar-refractivity contribution < 1.29 is 9.53 Å². The second-order valence-corrected chi connectivity index (χ2v) is 9.99. The highest BCUT2D eigenvalue weighted by Gasteiger charge is 2.70. The highest BCUT2D eigenvalue weighted by molar-refractivity contribution is 5.89. The van der Waals surface area contributed by atoms with Crippen molar-refractivity contribution in [1.82, 2.24) is 5.32 Å². The highest BCUT2D eigenvalue weighted by Crippen LogP contribution is 2.57. The first-order valence-electron chi connectivity index (χ1n) is 10.4. The number of carbonyl (C=O) groups is 1. The smallest absolute Gasteiger partial charge is 0.241 e. The Labute approximate surface area is 153 Å². The maximum atomic E-state index is 13.1. The topological polar surface area (TPSA) is 64.4 Å². The van der Waals surface area contributed by atoms with Crippen LogP contribution in [-0.4, -0.2) is 30.2 Å². The molecule has 0 radical (unpaired) electrons. The molecule has 144 valence electrons. The van der Waals surface area contributed by atoms with Gasteiger partial charge in [-0.2, -0.15) is 0 Å². The van der Waals surface area contributed by atoms with Gasteiger partial charge in [0.05, 0.1) is 6.10 Å². The first-order valence-corrected chi connectivity index (χ1v) is 10.4. The largest absolute Gasteiger partial charge is 0.377 e. The van der Waals surface area contributed by atoms with Crippen molar-refractivity contribution in [1.29, 1.82) is 0 Å². The Morgan fingerprint density at radius 2 is 1.84 bits per heavy atom. The lowest BCUT2D eigenvalue weighted by molar-refractivity contribution is -0.225. The van der Waals surface area contributed by atoms with Crippen LogP contribution in [0.15, 0.2) is 0 Å². The molecule has 0 aromatic heterocycles. The van der Waals surface area contributed by atoms with Gasteiger partial charge in [-0.25, -0.2) is 0 Å².